The normalized spacial score (nSPS) is 15.7. The van der Waals surface area contributed by atoms with E-state index in [0.29, 0.717) is 38.0 Å². The number of rotatable bonds is 7. The number of ether oxygens (including phenoxy) is 1. The molecule has 1 atom stereocenters. The van der Waals surface area contributed by atoms with Gasteiger partial charge in [-0.05, 0) is 60.7 Å². The van der Waals surface area contributed by atoms with Crippen LogP contribution in [0.3, 0.4) is 0 Å². The summed E-state index contributed by atoms with van der Waals surface area (Å²) in [5.41, 5.74) is 0. The van der Waals surface area contributed by atoms with Crippen molar-refractivity contribution in [2.24, 2.45) is 0 Å². The molecule has 154 valence electrons. The highest BCUT2D eigenvalue weighted by Crippen LogP contribution is 2.29. The number of hydrogen-bond acceptors (Lipinski definition) is 10. The summed E-state index contributed by atoms with van der Waals surface area (Å²) in [5.74, 6) is 0.374. The number of hydrogen-bond donors (Lipinski definition) is 2. The standard InChI is InChI=1S/C18H18N8OS3/c28-16(23-11-12-4-1-9-27-12)26-15-24-13(29-17-19-5-2-6-20-17)10-14(25-15)30-18-21-7-3-8-22-18/h2-3,5-8,10,12H,1,4,9,11H2,(H2,23,24,25,26,28)/t12-/m0/s1. The summed E-state index contributed by atoms with van der Waals surface area (Å²) >= 11 is 8.07. The zero-order chi connectivity index (χ0) is 20.6. The fraction of sp³-hybridized carbons (Fsp3) is 0.278. The van der Waals surface area contributed by atoms with Gasteiger partial charge >= 0.3 is 0 Å². The highest BCUT2D eigenvalue weighted by molar-refractivity contribution is 7.99. The van der Waals surface area contributed by atoms with Crippen molar-refractivity contribution in [1.82, 2.24) is 35.2 Å². The summed E-state index contributed by atoms with van der Waals surface area (Å²) in [5, 5.41) is 9.20. The average Bonchev–Trinajstić information content (AvgIpc) is 3.27. The number of nitrogens with one attached hydrogen (secondary N) is 2. The summed E-state index contributed by atoms with van der Waals surface area (Å²) in [6.45, 7) is 1.45. The van der Waals surface area contributed by atoms with E-state index in [9.17, 15) is 0 Å². The SMILES string of the molecule is S=C(NC[C@@H]1CCCO1)Nc1nc(Sc2ncccn2)cc(Sc2ncccn2)n1. The first-order valence-electron chi connectivity index (χ1n) is 9.20. The second-order valence-corrected chi connectivity index (χ2v) is 8.49. The van der Waals surface area contributed by atoms with Crippen molar-refractivity contribution in [1.29, 1.82) is 0 Å². The Morgan fingerprint density at radius 3 is 2.13 bits per heavy atom. The first kappa shape index (κ1) is 20.8. The van der Waals surface area contributed by atoms with Crippen LogP contribution in [0.4, 0.5) is 5.95 Å². The number of thiocarbonyl (C=S) groups is 1. The molecule has 0 unspecified atom stereocenters. The Hall–Kier alpha value is -2.41. The lowest BCUT2D eigenvalue weighted by Gasteiger charge is -2.14. The smallest absolute Gasteiger partial charge is 0.231 e. The van der Waals surface area contributed by atoms with Crippen LogP contribution < -0.4 is 10.6 Å². The molecule has 0 spiro atoms. The van der Waals surface area contributed by atoms with Crippen LogP contribution in [0, 0.1) is 0 Å². The Bertz CT molecular complexity index is 914. The summed E-state index contributed by atoms with van der Waals surface area (Å²) in [6, 6.07) is 5.38. The molecule has 0 amide bonds. The molecule has 3 aromatic rings. The van der Waals surface area contributed by atoms with Crippen LogP contribution in [-0.2, 0) is 4.74 Å². The monoisotopic (exact) mass is 458 g/mol. The second kappa shape index (κ2) is 10.6. The maximum absolute atomic E-state index is 5.61. The summed E-state index contributed by atoms with van der Waals surface area (Å²) < 4.78 is 5.61. The van der Waals surface area contributed by atoms with E-state index in [2.05, 4.69) is 40.5 Å². The molecule has 1 aliphatic rings. The summed E-state index contributed by atoms with van der Waals surface area (Å²) in [6.07, 6.45) is 9.05. The Labute approximate surface area is 187 Å². The molecule has 4 heterocycles. The zero-order valence-electron chi connectivity index (χ0n) is 15.8. The lowest BCUT2D eigenvalue weighted by Crippen LogP contribution is -2.35. The second-order valence-electron chi connectivity index (χ2n) is 6.10. The molecule has 1 fully saturated rings. The number of nitrogens with zero attached hydrogens (tertiary/aromatic N) is 6. The van der Waals surface area contributed by atoms with E-state index >= 15 is 0 Å². The summed E-state index contributed by atoms with van der Waals surface area (Å²) in [4.78, 5) is 26.0. The van der Waals surface area contributed by atoms with Gasteiger partial charge in [0.05, 0.1) is 6.10 Å². The molecule has 2 N–H and O–H groups in total. The predicted molar refractivity (Wildman–Crippen MR) is 118 cm³/mol. The maximum Gasteiger partial charge on any atom is 0.231 e. The molecular formula is C18H18N8OS3. The van der Waals surface area contributed by atoms with Crippen LogP contribution in [-0.4, -0.2) is 54.3 Å². The zero-order valence-corrected chi connectivity index (χ0v) is 18.2. The van der Waals surface area contributed by atoms with E-state index in [1.807, 2.05) is 6.07 Å². The maximum atomic E-state index is 5.61. The topological polar surface area (TPSA) is 111 Å². The number of anilines is 1. The highest BCUT2D eigenvalue weighted by atomic mass is 32.2. The van der Waals surface area contributed by atoms with Gasteiger partial charge in [-0.3, -0.25) is 0 Å². The Kier molecular flexibility index (Phi) is 7.34. The fourth-order valence-electron chi connectivity index (χ4n) is 2.59. The molecule has 0 bridgehead atoms. The van der Waals surface area contributed by atoms with Crippen LogP contribution in [0.5, 0.6) is 0 Å². The van der Waals surface area contributed by atoms with Crippen molar-refractivity contribution in [2.45, 2.75) is 39.3 Å². The Morgan fingerprint density at radius 2 is 1.60 bits per heavy atom. The van der Waals surface area contributed by atoms with Gasteiger partial charge in [0.1, 0.15) is 10.1 Å². The van der Waals surface area contributed by atoms with Gasteiger partial charge in [-0.1, -0.05) is 0 Å². The molecular weight excluding hydrogens is 440 g/mol. The van der Waals surface area contributed by atoms with E-state index in [4.69, 9.17) is 17.0 Å². The van der Waals surface area contributed by atoms with Crippen molar-refractivity contribution in [3.8, 4) is 0 Å². The average molecular weight is 459 g/mol. The molecule has 9 nitrogen and oxygen atoms in total. The summed E-state index contributed by atoms with van der Waals surface area (Å²) in [7, 11) is 0. The van der Waals surface area contributed by atoms with Gasteiger partial charge in [0, 0.05) is 44.0 Å². The van der Waals surface area contributed by atoms with E-state index in [0.717, 1.165) is 19.4 Å². The van der Waals surface area contributed by atoms with E-state index in [1.165, 1.54) is 23.5 Å². The van der Waals surface area contributed by atoms with Crippen molar-refractivity contribution in [2.75, 3.05) is 18.5 Å². The van der Waals surface area contributed by atoms with Crippen LogP contribution in [0.2, 0.25) is 0 Å². The highest BCUT2D eigenvalue weighted by Gasteiger charge is 2.16. The first-order chi connectivity index (χ1) is 14.7. The third-order valence-corrected chi connectivity index (χ3v) is 5.76. The van der Waals surface area contributed by atoms with Crippen LogP contribution in [0.1, 0.15) is 12.8 Å². The lowest BCUT2D eigenvalue weighted by molar-refractivity contribution is 0.114. The van der Waals surface area contributed by atoms with Gasteiger partial charge < -0.3 is 15.4 Å². The fourth-order valence-corrected chi connectivity index (χ4v) is 4.27. The van der Waals surface area contributed by atoms with Gasteiger partial charge in [-0.2, -0.15) is 0 Å². The van der Waals surface area contributed by atoms with E-state index < -0.39 is 0 Å². The molecule has 0 radical (unpaired) electrons. The van der Waals surface area contributed by atoms with Crippen LogP contribution in [0.15, 0.2) is 63.4 Å². The molecule has 12 heteroatoms. The van der Waals surface area contributed by atoms with E-state index in [1.54, 1.807) is 36.9 Å². The molecule has 0 saturated carbocycles. The van der Waals surface area contributed by atoms with E-state index in [-0.39, 0.29) is 6.10 Å². The Balaban J connectivity index is 1.49. The molecule has 0 aromatic carbocycles. The molecule has 1 aliphatic heterocycles. The van der Waals surface area contributed by atoms with Crippen molar-refractivity contribution >= 4 is 46.8 Å². The third-order valence-electron chi connectivity index (χ3n) is 3.89. The van der Waals surface area contributed by atoms with Crippen molar-refractivity contribution in [3.63, 3.8) is 0 Å². The lowest BCUT2D eigenvalue weighted by atomic mass is 10.2. The third kappa shape index (κ3) is 6.29. The van der Waals surface area contributed by atoms with Crippen molar-refractivity contribution in [3.05, 3.63) is 43.0 Å². The van der Waals surface area contributed by atoms with Gasteiger partial charge in [0.25, 0.3) is 0 Å². The molecule has 0 aliphatic carbocycles. The van der Waals surface area contributed by atoms with Crippen LogP contribution in [0.25, 0.3) is 0 Å². The molecule has 30 heavy (non-hydrogen) atoms. The molecule has 1 saturated heterocycles. The minimum absolute atomic E-state index is 0.184. The van der Waals surface area contributed by atoms with Gasteiger partial charge in [-0.25, -0.2) is 29.9 Å². The number of aromatic nitrogens is 6. The van der Waals surface area contributed by atoms with Gasteiger partial charge in [0.2, 0.25) is 5.95 Å². The van der Waals surface area contributed by atoms with Gasteiger partial charge in [-0.15, -0.1) is 0 Å². The van der Waals surface area contributed by atoms with Gasteiger partial charge in [0.15, 0.2) is 15.4 Å². The minimum Gasteiger partial charge on any atom is -0.376 e. The Morgan fingerprint density at radius 1 is 1.00 bits per heavy atom. The molecule has 3 aromatic heterocycles. The molecule has 4 rings (SSSR count). The predicted octanol–water partition coefficient (Wildman–Crippen LogP) is 2.82. The van der Waals surface area contributed by atoms with Crippen molar-refractivity contribution < 1.29 is 4.74 Å². The first-order valence-corrected chi connectivity index (χ1v) is 11.2. The minimum atomic E-state index is 0.184. The largest absolute Gasteiger partial charge is 0.376 e. The van der Waals surface area contributed by atoms with Crippen LogP contribution >= 0.6 is 35.7 Å². The quantitative estimate of drug-likeness (QED) is 0.308.